The molecular formula is C24H18F4N4O. The van der Waals surface area contributed by atoms with E-state index in [1.165, 1.54) is 16.8 Å². The van der Waals surface area contributed by atoms with E-state index in [0.717, 1.165) is 17.7 Å². The number of rotatable bonds is 2. The molecule has 4 aromatic rings. The summed E-state index contributed by atoms with van der Waals surface area (Å²) in [6, 6.07) is 8.00. The SMILES string of the molecule is Cc1cc(C(=O)N2CCc3c(nn(C)c3-c3cc(F)c(F)c(F)c3)C2)c2cccc(F)c2n1. The second-order valence-electron chi connectivity index (χ2n) is 8.08. The van der Waals surface area contributed by atoms with Crippen LogP contribution in [0.3, 0.4) is 0 Å². The number of aryl methyl sites for hydroxylation is 2. The molecule has 5 rings (SSSR count). The number of hydrogen-bond acceptors (Lipinski definition) is 3. The highest BCUT2D eigenvalue weighted by molar-refractivity contribution is 6.06. The van der Waals surface area contributed by atoms with Gasteiger partial charge in [-0.2, -0.15) is 5.10 Å². The summed E-state index contributed by atoms with van der Waals surface area (Å²) in [4.78, 5) is 19.2. The van der Waals surface area contributed by atoms with Gasteiger partial charge in [-0.3, -0.25) is 9.48 Å². The summed E-state index contributed by atoms with van der Waals surface area (Å²) in [5.74, 6) is -4.87. The third-order valence-corrected chi connectivity index (χ3v) is 5.89. The van der Waals surface area contributed by atoms with Crippen molar-refractivity contribution in [2.24, 2.45) is 7.05 Å². The maximum absolute atomic E-state index is 14.3. The fourth-order valence-corrected chi connectivity index (χ4v) is 4.44. The lowest BCUT2D eigenvalue weighted by molar-refractivity contribution is 0.0734. The second-order valence-corrected chi connectivity index (χ2v) is 8.08. The van der Waals surface area contributed by atoms with Crippen LogP contribution in [0.15, 0.2) is 36.4 Å². The van der Waals surface area contributed by atoms with Crippen LogP contribution in [0, 0.1) is 30.2 Å². The molecule has 168 valence electrons. The molecule has 2 aromatic carbocycles. The summed E-state index contributed by atoms with van der Waals surface area (Å²) in [5, 5.41) is 4.87. The summed E-state index contributed by atoms with van der Waals surface area (Å²) in [5.41, 5.74) is 2.98. The van der Waals surface area contributed by atoms with Crippen LogP contribution in [0.5, 0.6) is 0 Å². The van der Waals surface area contributed by atoms with Gasteiger partial charge in [-0.25, -0.2) is 22.5 Å². The van der Waals surface area contributed by atoms with Crippen molar-refractivity contribution in [1.82, 2.24) is 19.7 Å². The minimum atomic E-state index is -1.53. The van der Waals surface area contributed by atoms with Crippen LogP contribution >= 0.6 is 0 Å². The molecule has 33 heavy (non-hydrogen) atoms. The first-order chi connectivity index (χ1) is 15.7. The molecule has 0 aliphatic carbocycles. The Morgan fingerprint density at radius 3 is 2.48 bits per heavy atom. The van der Waals surface area contributed by atoms with Gasteiger partial charge in [0.15, 0.2) is 17.5 Å². The van der Waals surface area contributed by atoms with E-state index in [0.29, 0.717) is 41.0 Å². The van der Waals surface area contributed by atoms with Crippen molar-refractivity contribution in [3.05, 3.63) is 82.2 Å². The van der Waals surface area contributed by atoms with E-state index < -0.39 is 23.3 Å². The predicted octanol–water partition coefficient (Wildman–Crippen LogP) is 4.70. The van der Waals surface area contributed by atoms with Gasteiger partial charge in [-0.1, -0.05) is 12.1 Å². The molecule has 3 heterocycles. The Morgan fingerprint density at radius 1 is 1.03 bits per heavy atom. The average Bonchev–Trinajstić information content (AvgIpc) is 3.11. The molecule has 0 N–H and O–H groups in total. The Bertz CT molecular complexity index is 1420. The first kappa shape index (κ1) is 21.1. The minimum absolute atomic E-state index is 0.138. The summed E-state index contributed by atoms with van der Waals surface area (Å²) in [6.07, 6.45) is 0.390. The van der Waals surface area contributed by atoms with Gasteiger partial charge in [0.1, 0.15) is 11.3 Å². The molecule has 5 nitrogen and oxygen atoms in total. The van der Waals surface area contributed by atoms with E-state index in [4.69, 9.17) is 0 Å². The van der Waals surface area contributed by atoms with Crippen molar-refractivity contribution in [3.8, 4) is 11.3 Å². The average molecular weight is 454 g/mol. The normalized spacial score (nSPS) is 13.5. The molecule has 0 spiro atoms. The number of amides is 1. The standard InChI is InChI=1S/C24H18F4N4O/c1-12-8-16(14-4-3-5-17(25)22(14)29-12)24(33)32-7-6-15-20(11-32)30-31(2)23(15)13-9-18(26)21(28)19(27)10-13/h3-5,8-10H,6-7,11H2,1-2H3. The number of halogens is 4. The first-order valence-corrected chi connectivity index (χ1v) is 10.3. The second kappa shape index (κ2) is 7.68. The first-order valence-electron chi connectivity index (χ1n) is 10.3. The molecule has 0 radical (unpaired) electrons. The summed E-state index contributed by atoms with van der Waals surface area (Å²) in [7, 11) is 1.63. The Balaban J connectivity index is 1.52. The van der Waals surface area contributed by atoms with Crippen molar-refractivity contribution >= 4 is 16.8 Å². The largest absolute Gasteiger partial charge is 0.332 e. The summed E-state index contributed by atoms with van der Waals surface area (Å²) >= 11 is 0. The zero-order valence-electron chi connectivity index (χ0n) is 17.8. The van der Waals surface area contributed by atoms with E-state index in [1.807, 2.05) is 0 Å². The lowest BCUT2D eigenvalue weighted by Crippen LogP contribution is -2.36. The van der Waals surface area contributed by atoms with E-state index >= 15 is 0 Å². The number of carbonyl (C=O) groups is 1. The topological polar surface area (TPSA) is 51.0 Å². The van der Waals surface area contributed by atoms with Gasteiger partial charge in [-0.15, -0.1) is 0 Å². The molecule has 0 bridgehead atoms. The van der Waals surface area contributed by atoms with Crippen molar-refractivity contribution in [1.29, 1.82) is 0 Å². The third kappa shape index (κ3) is 3.44. The smallest absolute Gasteiger partial charge is 0.254 e. The van der Waals surface area contributed by atoms with E-state index in [1.54, 1.807) is 31.0 Å². The number of nitrogens with zero attached hydrogens (tertiary/aromatic N) is 4. The van der Waals surface area contributed by atoms with Crippen LogP contribution < -0.4 is 0 Å². The quantitative estimate of drug-likeness (QED) is 0.326. The Morgan fingerprint density at radius 2 is 1.76 bits per heavy atom. The number of aromatic nitrogens is 3. The zero-order chi connectivity index (χ0) is 23.4. The summed E-state index contributed by atoms with van der Waals surface area (Å²) < 4.78 is 56.8. The van der Waals surface area contributed by atoms with Crippen LogP contribution in [-0.4, -0.2) is 32.1 Å². The molecule has 1 amide bonds. The van der Waals surface area contributed by atoms with Crippen LogP contribution in [0.2, 0.25) is 0 Å². The molecule has 1 aliphatic heterocycles. The molecule has 0 fully saturated rings. The fourth-order valence-electron chi connectivity index (χ4n) is 4.44. The predicted molar refractivity (Wildman–Crippen MR) is 113 cm³/mol. The van der Waals surface area contributed by atoms with E-state index in [-0.39, 0.29) is 23.5 Å². The van der Waals surface area contributed by atoms with Crippen LogP contribution in [0.25, 0.3) is 22.2 Å². The Kier molecular flexibility index (Phi) is 4.92. The third-order valence-electron chi connectivity index (χ3n) is 5.89. The molecular weight excluding hydrogens is 436 g/mol. The number of hydrogen-bond donors (Lipinski definition) is 0. The highest BCUT2D eigenvalue weighted by Crippen LogP contribution is 2.32. The van der Waals surface area contributed by atoms with Crippen LogP contribution in [0.1, 0.15) is 27.3 Å². The van der Waals surface area contributed by atoms with E-state index in [9.17, 15) is 22.4 Å². The molecule has 0 saturated carbocycles. The minimum Gasteiger partial charge on any atom is -0.332 e. The number of carbonyl (C=O) groups excluding carboxylic acids is 1. The van der Waals surface area contributed by atoms with Crippen LogP contribution in [0.4, 0.5) is 17.6 Å². The lowest BCUT2D eigenvalue weighted by Gasteiger charge is -2.27. The van der Waals surface area contributed by atoms with Gasteiger partial charge >= 0.3 is 0 Å². The van der Waals surface area contributed by atoms with Gasteiger partial charge in [0.25, 0.3) is 5.91 Å². The molecule has 9 heteroatoms. The zero-order valence-corrected chi connectivity index (χ0v) is 17.8. The van der Waals surface area contributed by atoms with Crippen molar-refractivity contribution < 1.29 is 22.4 Å². The van der Waals surface area contributed by atoms with E-state index in [2.05, 4.69) is 10.1 Å². The number of benzene rings is 2. The van der Waals surface area contributed by atoms with Gasteiger partial charge in [-0.05, 0) is 37.6 Å². The van der Waals surface area contributed by atoms with Crippen molar-refractivity contribution in [2.45, 2.75) is 19.9 Å². The van der Waals surface area contributed by atoms with Gasteiger partial charge < -0.3 is 4.90 Å². The molecule has 0 saturated heterocycles. The van der Waals surface area contributed by atoms with Gasteiger partial charge in [0.2, 0.25) is 0 Å². The molecule has 2 aromatic heterocycles. The number of fused-ring (bicyclic) bond motifs is 2. The molecule has 0 atom stereocenters. The van der Waals surface area contributed by atoms with Crippen molar-refractivity contribution in [3.63, 3.8) is 0 Å². The number of para-hydroxylation sites is 1. The molecule has 1 aliphatic rings. The highest BCUT2D eigenvalue weighted by atomic mass is 19.2. The molecule has 0 unspecified atom stereocenters. The monoisotopic (exact) mass is 454 g/mol. The summed E-state index contributed by atoms with van der Waals surface area (Å²) in [6.45, 7) is 2.20. The highest BCUT2D eigenvalue weighted by Gasteiger charge is 2.29. The number of pyridine rings is 1. The van der Waals surface area contributed by atoms with Crippen molar-refractivity contribution in [2.75, 3.05) is 6.54 Å². The Hall–Kier alpha value is -3.75. The van der Waals surface area contributed by atoms with Gasteiger partial charge in [0.05, 0.1) is 23.5 Å². The fraction of sp³-hybridized carbons (Fsp3) is 0.208. The maximum atomic E-state index is 14.3. The maximum Gasteiger partial charge on any atom is 0.254 e. The Labute approximate surface area is 186 Å². The van der Waals surface area contributed by atoms with Gasteiger partial charge in [0, 0.05) is 35.8 Å². The van der Waals surface area contributed by atoms with Crippen LogP contribution in [-0.2, 0) is 20.0 Å². The lowest BCUT2D eigenvalue weighted by atomic mass is 9.98.